The van der Waals surface area contributed by atoms with Gasteiger partial charge in [0, 0.05) is 18.0 Å². The number of nitrogens with zero attached hydrogens (tertiary/aromatic N) is 1. The molecule has 124 valence electrons. The zero-order chi connectivity index (χ0) is 16.5. The zero-order valence-corrected chi connectivity index (χ0v) is 14.3. The molecule has 1 atom stereocenters. The lowest BCUT2D eigenvalue weighted by Crippen LogP contribution is -2.39. The van der Waals surface area contributed by atoms with Crippen LogP contribution in [0.5, 0.6) is 5.75 Å². The van der Waals surface area contributed by atoms with Crippen LogP contribution in [-0.2, 0) is 6.54 Å². The van der Waals surface area contributed by atoms with E-state index in [-0.39, 0.29) is 0 Å². The summed E-state index contributed by atoms with van der Waals surface area (Å²) in [6, 6.07) is 11.5. The Balaban J connectivity index is 1.90. The molecule has 1 heterocycles. The number of guanidine groups is 1. The standard InChI is InChI=1S/C17H23N3O2S/c1-3-18-17(19-11-15-5-4-10-23-15)20-12-16(21)13-6-8-14(22-2)9-7-13/h4-10,16,21H,3,11-12H2,1-2H3,(H2,18,19,20). The normalized spacial score (nSPS) is 12.7. The third-order valence-electron chi connectivity index (χ3n) is 3.28. The maximum Gasteiger partial charge on any atom is 0.191 e. The van der Waals surface area contributed by atoms with Crippen LogP contribution in [0.3, 0.4) is 0 Å². The number of thiophene rings is 1. The summed E-state index contributed by atoms with van der Waals surface area (Å²) >= 11 is 1.68. The number of rotatable bonds is 7. The van der Waals surface area contributed by atoms with Crippen LogP contribution in [-0.4, -0.2) is 31.3 Å². The Morgan fingerprint density at radius 3 is 2.65 bits per heavy atom. The van der Waals surface area contributed by atoms with Crippen LogP contribution in [0.15, 0.2) is 46.8 Å². The van der Waals surface area contributed by atoms with Gasteiger partial charge in [-0.1, -0.05) is 18.2 Å². The van der Waals surface area contributed by atoms with Crippen LogP contribution in [0.2, 0.25) is 0 Å². The average Bonchev–Trinajstić information content (AvgIpc) is 3.10. The van der Waals surface area contributed by atoms with Gasteiger partial charge in [-0.05, 0) is 36.1 Å². The minimum Gasteiger partial charge on any atom is -0.497 e. The number of aliphatic hydroxyl groups excluding tert-OH is 1. The summed E-state index contributed by atoms with van der Waals surface area (Å²) in [6.07, 6.45) is -0.605. The van der Waals surface area contributed by atoms with Gasteiger partial charge in [-0.25, -0.2) is 4.99 Å². The number of benzene rings is 1. The molecule has 5 nitrogen and oxygen atoms in total. The monoisotopic (exact) mass is 333 g/mol. The second kappa shape index (κ2) is 9.17. The van der Waals surface area contributed by atoms with Gasteiger partial charge in [0.1, 0.15) is 5.75 Å². The van der Waals surface area contributed by atoms with E-state index in [0.717, 1.165) is 17.9 Å². The van der Waals surface area contributed by atoms with Gasteiger partial charge in [0.25, 0.3) is 0 Å². The highest BCUT2D eigenvalue weighted by Crippen LogP contribution is 2.17. The van der Waals surface area contributed by atoms with Crippen molar-refractivity contribution in [3.63, 3.8) is 0 Å². The van der Waals surface area contributed by atoms with Crippen LogP contribution >= 0.6 is 11.3 Å². The van der Waals surface area contributed by atoms with Crippen molar-refractivity contribution in [1.82, 2.24) is 10.6 Å². The molecule has 1 aromatic heterocycles. The molecule has 0 spiro atoms. The Morgan fingerprint density at radius 2 is 2.04 bits per heavy atom. The van der Waals surface area contributed by atoms with E-state index in [4.69, 9.17) is 4.74 Å². The van der Waals surface area contributed by atoms with Gasteiger partial charge in [0.2, 0.25) is 0 Å². The van der Waals surface area contributed by atoms with Crippen molar-refractivity contribution in [2.45, 2.75) is 19.6 Å². The highest BCUT2D eigenvalue weighted by Gasteiger charge is 2.08. The van der Waals surface area contributed by atoms with Gasteiger partial charge in [-0.2, -0.15) is 0 Å². The van der Waals surface area contributed by atoms with E-state index in [1.165, 1.54) is 4.88 Å². The lowest BCUT2D eigenvalue weighted by molar-refractivity contribution is 0.180. The van der Waals surface area contributed by atoms with Crippen molar-refractivity contribution < 1.29 is 9.84 Å². The Kier molecular flexibility index (Phi) is 6.90. The predicted octanol–water partition coefficient (Wildman–Crippen LogP) is 2.55. The molecule has 0 saturated heterocycles. The first-order valence-electron chi connectivity index (χ1n) is 7.59. The smallest absolute Gasteiger partial charge is 0.191 e. The molecule has 0 fully saturated rings. The summed E-state index contributed by atoms with van der Waals surface area (Å²) < 4.78 is 5.12. The first-order valence-corrected chi connectivity index (χ1v) is 8.47. The Bertz CT molecular complexity index is 597. The molecule has 0 aliphatic rings. The maximum absolute atomic E-state index is 10.3. The molecule has 23 heavy (non-hydrogen) atoms. The molecule has 0 bridgehead atoms. The Hall–Kier alpha value is -2.05. The summed E-state index contributed by atoms with van der Waals surface area (Å²) in [5, 5.41) is 18.7. The quantitative estimate of drug-likeness (QED) is 0.538. The van der Waals surface area contributed by atoms with Crippen molar-refractivity contribution in [2.24, 2.45) is 4.99 Å². The SMILES string of the molecule is CCNC(=NCc1cccs1)NCC(O)c1ccc(OC)cc1. The van der Waals surface area contributed by atoms with E-state index >= 15 is 0 Å². The van der Waals surface area contributed by atoms with Crippen molar-refractivity contribution >= 4 is 17.3 Å². The molecule has 0 radical (unpaired) electrons. The first-order chi connectivity index (χ1) is 11.2. The number of methoxy groups -OCH3 is 1. The highest BCUT2D eigenvalue weighted by molar-refractivity contribution is 7.09. The molecule has 0 saturated carbocycles. The van der Waals surface area contributed by atoms with E-state index in [0.29, 0.717) is 19.0 Å². The molecule has 0 amide bonds. The van der Waals surface area contributed by atoms with E-state index in [1.54, 1.807) is 18.4 Å². The van der Waals surface area contributed by atoms with Gasteiger partial charge >= 0.3 is 0 Å². The Labute approximate surface area is 141 Å². The van der Waals surface area contributed by atoms with Gasteiger partial charge in [0.15, 0.2) is 5.96 Å². The van der Waals surface area contributed by atoms with Crippen molar-refractivity contribution in [3.8, 4) is 5.75 Å². The fourth-order valence-corrected chi connectivity index (χ4v) is 2.67. The molecule has 2 aromatic rings. The minimum absolute atomic E-state index is 0.391. The van der Waals surface area contributed by atoms with Crippen LogP contribution in [0.4, 0.5) is 0 Å². The summed E-state index contributed by atoms with van der Waals surface area (Å²) in [5.41, 5.74) is 0.840. The second-order valence-electron chi connectivity index (χ2n) is 4.94. The van der Waals surface area contributed by atoms with E-state index in [2.05, 4.69) is 21.7 Å². The van der Waals surface area contributed by atoms with Crippen molar-refractivity contribution in [2.75, 3.05) is 20.2 Å². The summed E-state index contributed by atoms with van der Waals surface area (Å²) in [5.74, 6) is 1.48. The average molecular weight is 333 g/mol. The molecular formula is C17H23N3O2S. The number of nitrogens with one attached hydrogen (secondary N) is 2. The fourth-order valence-electron chi connectivity index (χ4n) is 2.04. The summed E-state index contributed by atoms with van der Waals surface area (Å²) in [4.78, 5) is 5.73. The van der Waals surface area contributed by atoms with Crippen LogP contribution < -0.4 is 15.4 Å². The van der Waals surface area contributed by atoms with Crippen molar-refractivity contribution in [1.29, 1.82) is 0 Å². The molecule has 0 aliphatic carbocycles. The van der Waals surface area contributed by atoms with Crippen LogP contribution in [0.25, 0.3) is 0 Å². The largest absolute Gasteiger partial charge is 0.497 e. The van der Waals surface area contributed by atoms with Gasteiger partial charge in [0.05, 0.1) is 19.8 Å². The topological polar surface area (TPSA) is 65.9 Å². The zero-order valence-electron chi connectivity index (χ0n) is 13.5. The number of ether oxygens (including phenoxy) is 1. The molecule has 1 aromatic carbocycles. The predicted molar refractivity (Wildman–Crippen MR) is 95.1 cm³/mol. The van der Waals surface area contributed by atoms with E-state index in [9.17, 15) is 5.11 Å². The summed E-state index contributed by atoms with van der Waals surface area (Å²) in [6.45, 7) is 3.81. The van der Waals surface area contributed by atoms with E-state index < -0.39 is 6.10 Å². The second-order valence-corrected chi connectivity index (χ2v) is 5.98. The van der Waals surface area contributed by atoms with E-state index in [1.807, 2.05) is 42.6 Å². The molecule has 3 N–H and O–H groups in total. The molecule has 0 aliphatic heterocycles. The van der Waals surface area contributed by atoms with Crippen molar-refractivity contribution in [3.05, 3.63) is 52.2 Å². The number of aliphatic hydroxyl groups is 1. The highest BCUT2D eigenvalue weighted by atomic mass is 32.1. The number of hydrogen-bond acceptors (Lipinski definition) is 4. The molecule has 6 heteroatoms. The maximum atomic E-state index is 10.3. The third kappa shape index (κ3) is 5.58. The minimum atomic E-state index is -0.605. The van der Waals surface area contributed by atoms with Gasteiger partial charge < -0.3 is 20.5 Å². The number of hydrogen-bond donors (Lipinski definition) is 3. The first kappa shape index (κ1) is 17.3. The lowest BCUT2D eigenvalue weighted by Gasteiger charge is -2.15. The number of aliphatic imine (C=N–C) groups is 1. The van der Waals surface area contributed by atoms with Gasteiger partial charge in [-0.3, -0.25) is 0 Å². The van der Waals surface area contributed by atoms with Crippen LogP contribution in [0, 0.1) is 0 Å². The Morgan fingerprint density at radius 1 is 1.26 bits per heavy atom. The summed E-state index contributed by atoms with van der Waals surface area (Å²) in [7, 11) is 1.62. The van der Waals surface area contributed by atoms with Crippen LogP contribution in [0.1, 0.15) is 23.5 Å². The third-order valence-corrected chi connectivity index (χ3v) is 4.14. The fraction of sp³-hybridized carbons (Fsp3) is 0.353. The van der Waals surface area contributed by atoms with Gasteiger partial charge in [-0.15, -0.1) is 11.3 Å². The molecule has 2 rings (SSSR count). The molecule has 1 unspecified atom stereocenters. The molecular weight excluding hydrogens is 310 g/mol. The lowest BCUT2D eigenvalue weighted by atomic mass is 10.1.